The molecule has 1 aliphatic heterocycles. The molecule has 1 fully saturated rings. The minimum absolute atomic E-state index is 0.127. The SMILES string of the molecule is CCNCC1CCN(S(=O)(=O)c2ccc(C(=O)OC)c(OC)c2)CC1. The average Bonchev–Trinajstić information content (AvgIpc) is 2.65. The molecule has 0 amide bonds. The summed E-state index contributed by atoms with van der Waals surface area (Å²) in [5.41, 5.74) is 0.202. The van der Waals surface area contributed by atoms with Gasteiger partial charge in [0.15, 0.2) is 0 Å². The number of carbonyl (C=O) groups is 1. The lowest BCUT2D eigenvalue weighted by molar-refractivity contribution is 0.0597. The van der Waals surface area contributed by atoms with Crippen molar-refractivity contribution in [3.8, 4) is 5.75 Å². The van der Waals surface area contributed by atoms with Crippen LogP contribution in [0.2, 0.25) is 0 Å². The first-order valence-electron chi connectivity index (χ1n) is 8.41. The lowest BCUT2D eigenvalue weighted by Crippen LogP contribution is -2.40. The average molecular weight is 370 g/mol. The lowest BCUT2D eigenvalue weighted by atomic mass is 9.98. The number of sulfonamides is 1. The fourth-order valence-corrected chi connectivity index (χ4v) is 4.45. The highest BCUT2D eigenvalue weighted by atomic mass is 32.2. The molecule has 0 spiro atoms. The number of esters is 1. The van der Waals surface area contributed by atoms with Crippen molar-refractivity contribution in [2.75, 3.05) is 40.4 Å². The van der Waals surface area contributed by atoms with Gasteiger partial charge < -0.3 is 14.8 Å². The van der Waals surface area contributed by atoms with Crippen LogP contribution in [-0.2, 0) is 14.8 Å². The Morgan fingerprint density at radius 1 is 1.28 bits per heavy atom. The predicted molar refractivity (Wildman–Crippen MR) is 94.4 cm³/mol. The van der Waals surface area contributed by atoms with E-state index in [4.69, 9.17) is 4.74 Å². The van der Waals surface area contributed by atoms with Crippen LogP contribution in [0.3, 0.4) is 0 Å². The van der Waals surface area contributed by atoms with Crippen molar-refractivity contribution in [1.82, 2.24) is 9.62 Å². The van der Waals surface area contributed by atoms with E-state index >= 15 is 0 Å². The summed E-state index contributed by atoms with van der Waals surface area (Å²) in [5.74, 6) is 0.127. The number of nitrogens with one attached hydrogen (secondary N) is 1. The van der Waals surface area contributed by atoms with Gasteiger partial charge in [-0.2, -0.15) is 4.31 Å². The summed E-state index contributed by atoms with van der Waals surface area (Å²) >= 11 is 0. The largest absolute Gasteiger partial charge is 0.496 e. The van der Waals surface area contributed by atoms with E-state index < -0.39 is 16.0 Å². The van der Waals surface area contributed by atoms with Crippen LogP contribution in [0, 0.1) is 5.92 Å². The van der Waals surface area contributed by atoms with Crippen LogP contribution in [0.1, 0.15) is 30.1 Å². The van der Waals surface area contributed by atoms with Gasteiger partial charge in [-0.25, -0.2) is 13.2 Å². The number of benzene rings is 1. The van der Waals surface area contributed by atoms with E-state index in [0.29, 0.717) is 19.0 Å². The highest BCUT2D eigenvalue weighted by Gasteiger charge is 2.30. The molecule has 2 rings (SSSR count). The zero-order valence-corrected chi connectivity index (χ0v) is 15.8. The number of ether oxygens (including phenoxy) is 2. The third-order valence-electron chi connectivity index (χ3n) is 4.47. The smallest absolute Gasteiger partial charge is 0.341 e. The van der Waals surface area contributed by atoms with Crippen molar-refractivity contribution < 1.29 is 22.7 Å². The van der Waals surface area contributed by atoms with Crippen molar-refractivity contribution in [2.45, 2.75) is 24.7 Å². The summed E-state index contributed by atoms with van der Waals surface area (Å²) in [6, 6.07) is 4.23. The second-order valence-electron chi connectivity index (χ2n) is 6.01. The van der Waals surface area contributed by atoms with Crippen LogP contribution < -0.4 is 10.1 Å². The molecule has 1 N–H and O–H groups in total. The maximum absolute atomic E-state index is 12.9. The predicted octanol–water partition coefficient (Wildman–Crippen LogP) is 1.49. The Kier molecular flexibility index (Phi) is 6.80. The monoisotopic (exact) mass is 370 g/mol. The van der Waals surface area contributed by atoms with Crippen LogP contribution in [0.15, 0.2) is 23.1 Å². The Labute approximate surface area is 149 Å². The number of nitrogens with zero attached hydrogens (tertiary/aromatic N) is 1. The molecule has 1 aliphatic rings. The fourth-order valence-electron chi connectivity index (χ4n) is 2.96. The van der Waals surface area contributed by atoms with Crippen LogP contribution in [-0.4, -0.2) is 59.1 Å². The van der Waals surface area contributed by atoms with E-state index in [1.807, 2.05) is 0 Å². The molecule has 0 unspecified atom stereocenters. The minimum Gasteiger partial charge on any atom is -0.496 e. The highest BCUT2D eigenvalue weighted by molar-refractivity contribution is 7.89. The second kappa shape index (κ2) is 8.64. The molecule has 7 nitrogen and oxygen atoms in total. The molecule has 0 atom stereocenters. The molecule has 25 heavy (non-hydrogen) atoms. The molecule has 1 heterocycles. The molecular formula is C17H26N2O5S. The molecule has 0 aliphatic carbocycles. The van der Waals surface area contributed by atoms with Crippen LogP contribution in [0.25, 0.3) is 0 Å². The van der Waals surface area contributed by atoms with Gasteiger partial charge in [-0.3, -0.25) is 0 Å². The normalized spacial score (nSPS) is 16.6. The molecule has 8 heteroatoms. The van der Waals surface area contributed by atoms with Gasteiger partial charge in [0.2, 0.25) is 10.0 Å². The molecule has 0 bridgehead atoms. The third-order valence-corrected chi connectivity index (χ3v) is 6.37. The topological polar surface area (TPSA) is 84.9 Å². The van der Waals surface area contributed by atoms with Gasteiger partial charge in [-0.05, 0) is 44.0 Å². The van der Waals surface area contributed by atoms with E-state index in [1.54, 1.807) is 0 Å². The fraction of sp³-hybridized carbons (Fsp3) is 0.588. The van der Waals surface area contributed by atoms with E-state index in [0.717, 1.165) is 25.9 Å². The summed E-state index contributed by atoms with van der Waals surface area (Å²) in [4.78, 5) is 11.8. The second-order valence-corrected chi connectivity index (χ2v) is 7.95. The Balaban J connectivity index is 2.16. The van der Waals surface area contributed by atoms with Gasteiger partial charge in [0.05, 0.1) is 19.1 Å². The van der Waals surface area contributed by atoms with Crippen molar-refractivity contribution in [3.05, 3.63) is 23.8 Å². The standard InChI is InChI=1S/C17H26N2O5S/c1-4-18-12-13-7-9-19(10-8-13)25(21,22)14-5-6-15(17(20)24-3)16(11-14)23-2/h5-6,11,13,18H,4,7-10,12H2,1-3H3. The van der Waals surface area contributed by atoms with Crippen LogP contribution in [0.4, 0.5) is 0 Å². The zero-order chi connectivity index (χ0) is 18.4. The first-order valence-corrected chi connectivity index (χ1v) is 9.85. The Hall–Kier alpha value is -1.64. The van der Waals surface area contributed by atoms with E-state index in [1.165, 1.54) is 36.7 Å². The lowest BCUT2D eigenvalue weighted by Gasteiger charge is -2.31. The number of hydrogen-bond donors (Lipinski definition) is 1. The maximum Gasteiger partial charge on any atom is 0.341 e. The third kappa shape index (κ3) is 4.50. The summed E-state index contributed by atoms with van der Waals surface area (Å²) in [5, 5.41) is 3.31. The van der Waals surface area contributed by atoms with E-state index in [9.17, 15) is 13.2 Å². The summed E-state index contributed by atoms with van der Waals surface area (Å²) in [6.07, 6.45) is 1.67. The molecule has 0 aromatic heterocycles. The molecule has 140 valence electrons. The molecule has 1 aromatic carbocycles. The van der Waals surface area contributed by atoms with Gasteiger partial charge >= 0.3 is 5.97 Å². The van der Waals surface area contributed by atoms with Crippen molar-refractivity contribution in [2.24, 2.45) is 5.92 Å². The van der Waals surface area contributed by atoms with Crippen molar-refractivity contribution >= 4 is 16.0 Å². The summed E-state index contributed by atoms with van der Waals surface area (Å²) < 4.78 is 37.1. The van der Waals surface area contributed by atoms with Gasteiger partial charge in [0.25, 0.3) is 0 Å². The number of piperidine rings is 1. The van der Waals surface area contributed by atoms with Gasteiger partial charge in [-0.15, -0.1) is 0 Å². The number of carbonyl (C=O) groups excluding carboxylic acids is 1. The van der Waals surface area contributed by atoms with Gasteiger partial charge in [0, 0.05) is 19.2 Å². The van der Waals surface area contributed by atoms with E-state index in [2.05, 4.69) is 17.0 Å². The molecule has 0 radical (unpaired) electrons. The summed E-state index contributed by atoms with van der Waals surface area (Å²) in [6.45, 7) is 4.90. The minimum atomic E-state index is -3.61. The van der Waals surface area contributed by atoms with Gasteiger partial charge in [-0.1, -0.05) is 6.92 Å². The quantitative estimate of drug-likeness (QED) is 0.732. The first-order chi connectivity index (χ1) is 11.9. The molecule has 1 aromatic rings. The zero-order valence-electron chi connectivity index (χ0n) is 14.9. The first kappa shape index (κ1) is 19.7. The number of rotatable bonds is 7. The Morgan fingerprint density at radius 2 is 1.96 bits per heavy atom. The number of hydrogen-bond acceptors (Lipinski definition) is 6. The van der Waals surface area contributed by atoms with Gasteiger partial charge in [0.1, 0.15) is 11.3 Å². The Bertz CT molecular complexity index is 697. The highest BCUT2D eigenvalue weighted by Crippen LogP contribution is 2.28. The molecular weight excluding hydrogens is 344 g/mol. The Morgan fingerprint density at radius 3 is 2.52 bits per heavy atom. The molecule has 1 saturated heterocycles. The van der Waals surface area contributed by atoms with Crippen LogP contribution >= 0.6 is 0 Å². The molecule has 0 saturated carbocycles. The summed E-state index contributed by atoms with van der Waals surface area (Å²) in [7, 11) is -0.946. The van der Waals surface area contributed by atoms with Crippen molar-refractivity contribution in [1.29, 1.82) is 0 Å². The van der Waals surface area contributed by atoms with Crippen LogP contribution in [0.5, 0.6) is 5.75 Å². The number of methoxy groups -OCH3 is 2. The maximum atomic E-state index is 12.9. The van der Waals surface area contributed by atoms with E-state index in [-0.39, 0.29) is 16.2 Å². The van der Waals surface area contributed by atoms with Crippen molar-refractivity contribution in [3.63, 3.8) is 0 Å².